The Kier molecular flexibility index (Phi) is 4.21. The standard InChI is InChI=1S/C15H22N2O2S2/c1-20-15(7-2-3-8-15)11-17-21(18,19)13-5-4-12-6-9-16-14(12)10-13/h4-5,10,16-17H,2-3,6-9,11H2,1H3. The van der Waals surface area contributed by atoms with Crippen molar-refractivity contribution in [1.29, 1.82) is 0 Å². The zero-order chi connectivity index (χ0) is 14.9. The highest BCUT2D eigenvalue weighted by molar-refractivity contribution is 8.00. The van der Waals surface area contributed by atoms with Crippen LogP contribution in [0.5, 0.6) is 0 Å². The van der Waals surface area contributed by atoms with Crippen LogP contribution >= 0.6 is 11.8 Å². The van der Waals surface area contributed by atoms with E-state index in [1.54, 1.807) is 23.9 Å². The van der Waals surface area contributed by atoms with Gasteiger partial charge in [-0.3, -0.25) is 0 Å². The Balaban J connectivity index is 1.75. The zero-order valence-electron chi connectivity index (χ0n) is 12.3. The largest absolute Gasteiger partial charge is 0.384 e. The van der Waals surface area contributed by atoms with Crippen LogP contribution in [-0.2, 0) is 16.4 Å². The smallest absolute Gasteiger partial charge is 0.240 e. The summed E-state index contributed by atoms with van der Waals surface area (Å²) in [7, 11) is -3.42. The zero-order valence-corrected chi connectivity index (χ0v) is 13.9. The van der Waals surface area contributed by atoms with Crippen molar-refractivity contribution < 1.29 is 8.42 Å². The van der Waals surface area contributed by atoms with Crippen molar-refractivity contribution in [3.63, 3.8) is 0 Å². The number of hydrogen-bond donors (Lipinski definition) is 2. The number of thioether (sulfide) groups is 1. The first kappa shape index (κ1) is 15.2. The lowest BCUT2D eigenvalue weighted by molar-refractivity contribution is 0.551. The van der Waals surface area contributed by atoms with E-state index in [0.717, 1.165) is 31.5 Å². The molecular weight excluding hydrogens is 304 g/mol. The van der Waals surface area contributed by atoms with E-state index in [4.69, 9.17) is 0 Å². The molecular formula is C15H22N2O2S2. The van der Waals surface area contributed by atoms with E-state index < -0.39 is 10.0 Å². The number of sulfonamides is 1. The summed E-state index contributed by atoms with van der Waals surface area (Å²) in [6.45, 7) is 1.42. The second-order valence-corrected chi connectivity index (χ2v) is 8.96. The summed E-state index contributed by atoms with van der Waals surface area (Å²) in [6.07, 6.45) is 7.65. The van der Waals surface area contributed by atoms with Crippen LogP contribution in [0, 0.1) is 0 Å². The summed E-state index contributed by atoms with van der Waals surface area (Å²) < 4.78 is 27.9. The molecule has 21 heavy (non-hydrogen) atoms. The number of fused-ring (bicyclic) bond motifs is 1. The molecule has 1 heterocycles. The molecule has 1 fully saturated rings. The molecule has 1 aromatic carbocycles. The minimum absolute atomic E-state index is 0.0854. The summed E-state index contributed by atoms with van der Waals surface area (Å²) in [5.41, 5.74) is 2.16. The minimum atomic E-state index is -3.42. The average molecular weight is 326 g/mol. The normalized spacial score (nSPS) is 20.2. The Labute approximate surface area is 131 Å². The van der Waals surface area contributed by atoms with Crippen LogP contribution < -0.4 is 10.0 Å². The molecule has 116 valence electrons. The third-order valence-electron chi connectivity index (χ3n) is 4.63. The molecule has 0 unspecified atom stereocenters. The highest BCUT2D eigenvalue weighted by atomic mass is 32.2. The van der Waals surface area contributed by atoms with E-state index >= 15 is 0 Å². The van der Waals surface area contributed by atoms with Crippen LogP contribution in [0.15, 0.2) is 23.1 Å². The lowest BCUT2D eigenvalue weighted by atomic mass is 10.1. The quantitative estimate of drug-likeness (QED) is 0.873. The van der Waals surface area contributed by atoms with Crippen molar-refractivity contribution >= 4 is 27.5 Å². The van der Waals surface area contributed by atoms with Crippen LogP contribution in [0.3, 0.4) is 0 Å². The second kappa shape index (κ2) is 5.82. The first-order valence-corrected chi connectivity index (χ1v) is 10.2. The molecule has 0 aromatic heterocycles. The monoisotopic (exact) mass is 326 g/mol. The number of hydrogen-bond acceptors (Lipinski definition) is 4. The SMILES string of the molecule is CSC1(CNS(=O)(=O)c2ccc3c(c2)NCC3)CCCC1. The molecule has 0 bridgehead atoms. The Morgan fingerprint density at radius 3 is 2.81 bits per heavy atom. The third-order valence-corrected chi connectivity index (χ3v) is 7.45. The molecule has 0 atom stereocenters. The van der Waals surface area contributed by atoms with Crippen LogP contribution in [0.4, 0.5) is 5.69 Å². The van der Waals surface area contributed by atoms with Crippen molar-refractivity contribution in [2.24, 2.45) is 0 Å². The molecule has 1 aliphatic carbocycles. The number of benzene rings is 1. The Bertz CT molecular complexity index is 623. The van der Waals surface area contributed by atoms with Crippen LogP contribution in [0.25, 0.3) is 0 Å². The predicted octanol–water partition coefficient (Wildman–Crippen LogP) is 2.61. The fourth-order valence-corrected chi connectivity index (χ4v) is 5.38. The molecule has 1 aliphatic heterocycles. The average Bonchev–Trinajstić information content (AvgIpc) is 3.14. The topological polar surface area (TPSA) is 58.2 Å². The molecule has 3 rings (SSSR count). The Hall–Kier alpha value is -0.720. The molecule has 2 N–H and O–H groups in total. The lowest BCUT2D eigenvalue weighted by Crippen LogP contribution is -2.38. The predicted molar refractivity (Wildman–Crippen MR) is 88.5 cm³/mol. The van der Waals surface area contributed by atoms with E-state index in [1.807, 2.05) is 6.07 Å². The van der Waals surface area contributed by atoms with Gasteiger partial charge in [0.2, 0.25) is 10.0 Å². The molecule has 2 aliphatic rings. The highest BCUT2D eigenvalue weighted by Gasteiger charge is 2.34. The Morgan fingerprint density at radius 1 is 1.33 bits per heavy atom. The van der Waals surface area contributed by atoms with Gasteiger partial charge < -0.3 is 5.32 Å². The second-order valence-electron chi connectivity index (χ2n) is 5.91. The highest BCUT2D eigenvalue weighted by Crippen LogP contribution is 2.39. The van der Waals surface area contributed by atoms with Crippen LogP contribution in [-0.4, -0.2) is 32.5 Å². The first-order chi connectivity index (χ1) is 10.0. The van der Waals surface area contributed by atoms with Gasteiger partial charge in [-0.25, -0.2) is 13.1 Å². The van der Waals surface area contributed by atoms with Crippen molar-refractivity contribution in [1.82, 2.24) is 4.72 Å². The van der Waals surface area contributed by atoms with Crippen LogP contribution in [0.1, 0.15) is 31.2 Å². The van der Waals surface area contributed by atoms with Gasteiger partial charge in [-0.2, -0.15) is 11.8 Å². The van der Waals surface area contributed by atoms with Crippen LogP contribution in [0.2, 0.25) is 0 Å². The van der Waals surface area contributed by atoms with Crippen molar-refractivity contribution in [2.45, 2.75) is 41.7 Å². The summed E-state index contributed by atoms with van der Waals surface area (Å²) in [4.78, 5) is 0.366. The Morgan fingerprint density at radius 2 is 2.10 bits per heavy atom. The first-order valence-electron chi connectivity index (χ1n) is 7.46. The number of nitrogens with one attached hydrogen (secondary N) is 2. The van der Waals surface area contributed by atoms with Gasteiger partial charge in [0.1, 0.15) is 0 Å². The molecule has 0 radical (unpaired) electrons. The summed E-state index contributed by atoms with van der Waals surface area (Å²) in [5.74, 6) is 0. The van der Waals surface area contributed by atoms with Gasteiger partial charge in [0.05, 0.1) is 4.90 Å². The summed E-state index contributed by atoms with van der Waals surface area (Å²) >= 11 is 1.80. The minimum Gasteiger partial charge on any atom is -0.384 e. The van der Waals surface area contributed by atoms with Gasteiger partial charge in [0, 0.05) is 23.5 Å². The molecule has 0 saturated heterocycles. The van der Waals surface area contributed by atoms with Gasteiger partial charge in [0.25, 0.3) is 0 Å². The van der Waals surface area contributed by atoms with E-state index in [-0.39, 0.29) is 4.75 Å². The molecule has 1 aromatic rings. The fraction of sp³-hybridized carbons (Fsp3) is 0.600. The molecule has 4 nitrogen and oxygen atoms in total. The fourth-order valence-electron chi connectivity index (χ4n) is 3.22. The summed E-state index contributed by atoms with van der Waals surface area (Å²) in [6, 6.07) is 5.39. The maximum atomic E-state index is 12.5. The molecule has 0 amide bonds. The van der Waals surface area contributed by atoms with E-state index in [2.05, 4.69) is 16.3 Å². The number of anilines is 1. The molecule has 0 spiro atoms. The molecule has 6 heteroatoms. The number of rotatable bonds is 5. The summed E-state index contributed by atoms with van der Waals surface area (Å²) in [5, 5.41) is 3.23. The van der Waals surface area contributed by atoms with Crippen molar-refractivity contribution in [2.75, 3.05) is 24.7 Å². The van der Waals surface area contributed by atoms with E-state index in [1.165, 1.54) is 18.4 Å². The van der Waals surface area contributed by atoms with Gasteiger partial charge in [-0.15, -0.1) is 0 Å². The van der Waals surface area contributed by atoms with Crippen molar-refractivity contribution in [3.05, 3.63) is 23.8 Å². The third kappa shape index (κ3) is 3.07. The molecule has 1 saturated carbocycles. The van der Waals surface area contributed by atoms with Gasteiger partial charge >= 0.3 is 0 Å². The van der Waals surface area contributed by atoms with Gasteiger partial charge in [-0.1, -0.05) is 18.9 Å². The van der Waals surface area contributed by atoms with E-state index in [9.17, 15) is 8.42 Å². The maximum absolute atomic E-state index is 12.5. The van der Waals surface area contributed by atoms with E-state index in [0.29, 0.717) is 11.4 Å². The van der Waals surface area contributed by atoms with Crippen molar-refractivity contribution in [3.8, 4) is 0 Å². The maximum Gasteiger partial charge on any atom is 0.240 e. The lowest BCUT2D eigenvalue weighted by Gasteiger charge is -2.26. The van der Waals surface area contributed by atoms with Gasteiger partial charge in [0.15, 0.2) is 0 Å². The van der Waals surface area contributed by atoms with Gasteiger partial charge in [-0.05, 0) is 43.2 Å².